The van der Waals surface area contributed by atoms with Crippen LogP contribution in [0.4, 0.5) is 14.5 Å². The molecule has 3 aromatic rings. The van der Waals surface area contributed by atoms with Gasteiger partial charge in [-0.2, -0.15) is 0 Å². The van der Waals surface area contributed by atoms with Crippen LogP contribution in [-0.2, 0) is 9.59 Å². The number of nitrogens with one attached hydrogen (secondary N) is 1. The Morgan fingerprint density at radius 1 is 1.15 bits per heavy atom. The summed E-state index contributed by atoms with van der Waals surface area (Å²) < 4.78 is 31.2. The smallest absolute Gasteiger partial charge is 0.249 e. The molecule has 2 amide bonds. The summed E-state index contributed by atoms with van der Waals surface area (Å²) in [5, 5.41) is 2.83. The fraction of sp³-hybridized carbons (Fsp3) is 0.348. The van der Waals surface area contributed by atoms with Crippen molar-refractivity contribution in [3.8, 4) is 10.4 Å². The maximum Gasteiger partial charge on any atom is 0.249 e. The first-order valence-electron chi connectivity index (χ1n) is 10.7. The van der Waals surface area contributed by atoms with Crippen LogP contribution in [0.1, 0.15) is 37.4 Å². The maximum absolute atomic E-state index is 13.6. The van der Waals surface area contributed by atoms with Crippen LogP contribution in [0, 0.1) is 0 Å². The summed E-state index contributed by atoms with van der Waals surface area (Å²) in [6.45, 7) is 0. The van der Waals surface area contributed by atoms with E-state index in [1.807, 2.05) is 18.2 Å². The Kier molecular flexibility index (Phi) is 7.47. The second-order valence-corrected chi connectivity index (χ2v) is 9.09. The summed E-state index contributed by atoms with van der Waals surface area (Å²) in [7, 11) is 0. The summed E-state index contributed by atoms with van der Waals surface area (Å²) in [5.74, 6) is -4.11. The molecule has 0 spiro atoms. The number of nitrogens with zero attached hydrogens (tertiary/aromatic N) is 4. The molecule has 2 heterocycles. The van der Waals surface area contributed by atoms with Gasteiger partial charge in [-0.15, -0.1) is 11.6 Å². The normalized spacial score (nSPS) is 16.6. The van der Waals surface area contributed by atoms with Gasteiger partial charge in [-0.3, -0.25) is 24.5 Å². The lowest BCUT2D eigenvalue weighted by Crippen LogP contribution is -2.49. The average molecular weight is 506 g/mol. The van der Waals surface area contributed by atoms with E-state index in [4.69, 9.17) is 11.6 Å². The third-order valence-corrected chi connectivity index (χ3v) is 6.71. The highest BCUT2D eigenvalue weighted by Gasteiger charge is 2.38. The minimum Gasteiger partial charge on any atom is -0.351 e. The number of aromatic nitrogens is 3. The Morgan fingerprint density at radius 2 is 1.88 bits per heavy atom. The topological polar surface area (TPSA) is 88.1 Å². The van der Waals surface area contributed by atoms with Gasteiger partial charge in [0.1, 0.15) is 5.88 Å². The van der Waals surface area contributed by atoms with E-state index in [0.717, 1.165) is 10.4 Å². The van der Waals surface area contributed by atoms with Gasteiger partial charge in [-0.05, 0) is 48.1 Å². The Bertz CT molecular complexity index is 1110. The standard InChI is InChI=1S/C23H22ClF2N5O2S/c24-13-20(32)31(17-3-1-15(2-4-17)19-7-10-29-34-19)21(18-14-27-11-12-28-18)22(33)30-16-5-8-23(25,26)9-6-16/h1-4,7,10-12,14,16,21H,5-6,8-9,13H2,(H,30,33)/t21-/m1/s1. The zero-order valence-electron chi connectivity index (χ0n) is 18.0. The van der Waals surface area contributed by atoms with Crippen LogP contribution in [0.5, 0.6) is 0 Å². The minimum atomic E-state index is -2.72. The van der Waals surface area contributed by atoms with Crippen LogP contribution in [-0.4, -0.2) is 44.0 Å². The van der Waals surface area contributed by atoms with Crippen LogP contribution in [0.3, 0.4) is 0 Å². The van der Waals surface area contributed by atoms with Crippen molar-refractivity contribution in [3.63, 3.8) is 0 Å². The highest BCUT2D eigenvalue weighted by molar-refractivity contribution is 7.09. The molecule has 7 nitrogen and oxygen atoms in total. The summed E-state index contributed by atoms with van der Waals surface area (Å²) in [6, 6.07) is 7.38. The van der Waals surface area contributed by atoms with Crippen molar-refractivity contribution >= 4 is 40.6 Å². The lowest BCUT2D eigenvalue weighted by atomic mass is 9.92. The molecule has 0 unspecified atom stereocenters. The average Bonchev–Trinajstić information content (AvgIpc) is 3.39. The summed E-state index contributed by atoms with van der Waals surface area (Å²) in [5.41, 5.74) is 1.60. The number of carbonyl (C=O) groups excluding carboxylic acids is 2. The van der Waals surface area contributed by atoms with Gasteiger partial charge in [0.25, 0.3) is 0 Å². The zero-order chi connectivity index (χ0) is 24.1. The van der Waals surface area contributed by atoms with Crippen molar-refractivity contribution in [2.45, 2.75) is 43.7 Å². The van der Waals surface area contributed by atoms with Crippen molar-refractivity contribution in [2.75, 3.05) is 10.8 Å². The number of alkyl halides is 3. The molecule has 0 saturated heterocycles. The first-order chi connectivity index (χ1) is 16.4. The predicted octanol–water partition coefficient (Wildman–Crippen LogP) is 4.61. The van der Waals surface area contributed by atoms with Crippen LogP contribution >= 0.6 is 23.1 Å². The SMILES string of the molecule is O=C(NC1CCC(F)(F)CC1)[C@@H](c1cnccn1)N(C(=O)CCl)c1ccc(-c2ccns2)cc1. The number of amides is 2. The summed E-state index contributed by atoms with van der Waals surface area (Å²) in [4.78, 5) is 37.0. The molecule has 0 radical (unpaired) electrons. The first kappa shape index (κ1) is 24.2. The fourth-order valence-corrected chi connectivity index (χ4v) is 4.68. The van der Waals surface area contributed by atoms with Gasteiger partial charge in [-0.1, -0.05) is 12.1 Å². The quantitative estimate of drug-likeness (QED) is 0.474. The van der Waals surface area contributed by atoms with Gasteiger partial charge in [0.2, 0.25) is 17.7 Å². The Morgan fingerprint density at radius 3 is 2.47 bits per heavy atom. The van der Waals surface area contributed by atoms with E-state index < -0.39 is 29.8 Å². The molecule has 1 fully saturated rings. The van der Waals surface area contributed by atoms with E-state index in [0.29, 0.717) is 5.69 Å². The number of carbonyl (C=O) groups is 2. The number of benzene rings is 1. The molecule has 1 aliphatic rings. The lowest BCUT2D eigenvalue weighted by Gasteiger charge is -2.33. The van der Waals surface area contributed by atoms with Crippen molar-refractivity contribution in [2.24, 2.45) is 0 Å². The molecule has 178 valence electrons. The number of hydrogen-bond donors (Lipinski definition) is 1. The van der Waals surface area contributed by atoms with E-state index in [-0.39, 0.29) is 37.3 Å². The van der Waals surface area contributed by atoms with E-state index in [1.165, 1.54) is 35.0 Å². The monoisotopic (exact) mass is 505 g/mol. The Hall–Kier alpha value is -2.98. The van der Waals surface area contributed by atoms with Crippen molar-refractivity contribution in [3.05, 3.63) is 60.8 Å². The predicted molar refractivity (Wildman–Crippen MR) is 126 cm³/mol. The molecule has 1 aromatic carbocycles. The van der Waals surface area contributed by atoms with Crippen molar-refractivity contribution in [1.29, 1.82) is 0 Å². The number of rotatable bonds is 7. The van der Waals surface area contributed by atoms with Gasteiger partial charge in [0.05, 0.1) is 16.8 Å². The molecular formula is C23H22ClF2N5O2S. The molecule has 0 bridgehead atoms. The highest BCUT2D eigenvalue weighted by atomic mass is 35.5. The third-order valence-electron chi connectivity index (χ3n) is 5.68. The maximum atomic E-state index is 13.6. The van der Waals surface area contributed by atoms with Gasteiger partial charge in [0.15, 0.2) is 6.04 Å². The molecule has 1 aliphatic carbocycles. The van der Waals surface area contributed by atoms with Crippen LogP contribution in [0.15, 0.2) is 55.1 Å². The second kappa shape index (κ2) is 10.5. The lowest BCUT2D eigenvalue weighted by molar-refractivity contribution is -0.127. The van der Waals surface area contributed by atoms with E-state index in [9.17, 15) is 18.4 Å². The van der Waals surface area contributed by atoms with Crippen LogP contribution in [0.2, 0.25) is 0 Å². The highest BCUT2D eigenvalue weighted by Crippen LogP contribution is 2.34. The minimum absolute atomic E-state index is 0.152. The van der Waals surface area contributed by atoms with Gasteiger partial charge in [-0.25, -0.2) is 13.2 Å². The van der Waals surface area contributed by atoms with Crippen LogP contribution < -0.4 is 10.2 Å². The van der Waals surface area contributed by atoms with Crippen molar-refractivity contribution < 1.29 is 18.4 Å². The number of anilines is 1. The summed E-state index contributed by atoms with van der Waals surface area (Å²) >= 11 is 7.26. The molecule has 34 heavy (non-hydrogen) atoms. The molecule has 11 heteroatoms. The van der Waals surface area contributed by atoms with Gasteiger partial charge in [0, 0.05) is 43.2 Å². The summed E-state index contributed by atoms with van der Waals surface area (Å²) in [6.07, 6.45) is 5.70. The molecule has 2 aromatic heterocycles. The van der Waals surface area contributed by atoms with E-state index in [1.54, 1.807) is 18.3 Å². The van der Waals surface area contributed by atoms with Crippen LogP contribution in [0.25, 0.3) is 10.4 Å². The number of hydrogen-bond acceptors (Lipinski definition) is 6. The molecular weight excluding hydrogens is 484 g/mol. The molecule has 1 atom stereocenters. The molecule has 0 aliphatic heterocycles. The Balaban J connectivity index is 1.65. The second-order valence-electron chi connectivity index (χ2n) is 7.99. The largest absolute Gasteiger partial charge is 0.351 e. The molecule has 1 saturated carbocycles. The molecule has 4 rings (SSSR count). The number of halogens is 3. The Labute approximate surface area is 204 Å². The van der Waals surface area contributed by atoms with Gasteiger partial charge >= 0.3 is 0 Å². The van der Waals surface area contributed by atoms with Gasteiger partial charge < -0.3 is 5.32 Å². The van der Waals surface area contributed by atoms with E-state index >= 15 is 0 Å². The fourth-order valence-electron chi connectivity index (χ4n) is 3.95. The van der Waals surface area contributed by atoms with E-state index in [2.05, 4.69) is 19.7 Å². The molecule has 1 N–H and O–H groups in total. The van der Waals surface area contributed by atoms with Crippen molar-refractivity contribution in [1.82, 2.24) is 19.7 Å². The zero-order valence-corrected chi connectivity index (χ0v) is 19.6. The third kappa shape index (κ3) is 5.56. The first-order valence-corrected chi connectivity index (χ1v) is 12.0.